The number of halogens is 1. The maximum Gasteiger partial charge on any atom is 0.337 e. The van der Waals surface area contributed by atoms with Crippen LogP contribution in [0.25, 0.3) is 10.9 Å². The van der Waals surface area contributed by atoms with Crippen LogP contribution >= 0.6 is 11.6 Å². The number of fused-ring (bicyclic) bond motifs is 1. The molecule has 6 nitrogen and oxygen atoms in total. The lowest BCUT2D eigenvalue weighted by atomic mass is 9.75. The smallest absolute Gasteiger partial charge is 0.337 e. The summed E-state index contributed by atoms with van der Waals surface area (Å²) in [5.74, 6) is -0.252. The van der Waals surface area contributed by atoms with Gasteiger partial charge in [-0.2, -0.15) is 5.10 Å². The Balaban J connectivity index is 1.74. The van der Waals surface area contributed by atoms with E-state index in [9.17, 15) is 9.90 Å². The number of methoxy groups -OCH3 is 1. The molecule has 2 aliphatic rings. The van der Waals surface area contributed by atoms with Crippen LogP contribution in [0.1, 0.15) is 56.7 Å². The number of rotatable bonds is 3. The van der Waals surface area contributed by atoms with Crippen molar-refractivity contribution in [2.75, 3.05) is 13.7 Å². The predicted molar refractivity (Wildman–Crippen MR) is 106 cm³/mol. The number of hydrogen-bond acceptors (Lipinski definition) is 5. The Morgan fingerprint density at radius 1 is 1.36 bits per heavy atom. The summed E-state index contributed by atoms with van der Waals surface area (Å²) in [7, 11) is 1.33. The van der Waals surface area contributed by atoms with E-state index >= 15 is 0 Å². The predicted octanol–water partition coefficient (Wildman–Crippen LogP) is 4.89. The van der Waals surface area contributed by atoms with E-state index in [1.54, 1.807) is 0 Å². The van der Waals surface area contributed by atoms with Crippen molar-refractivity contribution in [3.8, 4) is 0 Å². The van der Waals surface area contributed by atoms with Crippen molar-refractivity contribution in [2.24, 2.45) is 5.92 Å². The summed E-state index contributed by atoms with van der Waals surface area (Å²) in [6.45, 7) is 2.82. The van der Waals surface area contributed by atoms with Crippen LogP contribution in [0.3, 0.4) is 0 Å². The van der Waals surface area contributed by atoms with E-state index in [-0.39, 0.29) is 23.8 Å². The average Bonchev–Trinajstić information content (AvgIpc) is 3.13. The molecule has 1 aromatic heterocycles. The molecule has 1 N–H and O–H groups in total. The summed E-state index contributed by atoms with van der Waals surface area (Å²) in [6.07, 6.45) is 5.76. The molecule has 1 aliphatic heterocycles. The number of aliphatic hydroxyl groups is 1. The number of ether oxygens (including phenoxy) is 2. The standard InChI is InChI=1S/C21H25ClN2O4/c1-12-9-14(21(26)27-2)18(25)10-13(12)20-15-11-23-24(17(15)7-6-16(20)22)19-5-3-4-8-28-19/h6-7,11-13,19,25H,3-5,8-10H2,1-2H3/t12-,13-,19?/m1/s1. The molecule has 4 rings (SSSR count). The summed E-state index contributed by atoms with van der Waals surface area (Å²) < 4.78 is 12.7. The molecule has 1 saturated heterocycles. The molecule has 1 fully saturated rings. The minimum Gasteiger partial charge on any atom is -0.512 e. The fourth-order valence-electron chi connectivity index (χ4n) is 4.46. The lowest BCUT2D eigenvalue weighted by Crippen LogP contribution is -2.23. The normalized spacial score (nSPS) is 25.9. The lowest BCUT2D eigenvalue weighted by Gasteiger charge is -2.31. The number of hydrogen-bond donors (Lipinski definition) is 1. The van der Waals surface area contributed by atoms with E-state index in [2.05, 4.69) is 12.0 Å². The van der Waals surface area contributed by atoms with Gasteiger partial charge < -0.3 is 14.6 Å². The van der Waals surface area contributed by atoms with Crippen LogP contribution in [0.5, 0.6) is 0 Å². The molecule has 1 unspecified atom stereocenters. The largest absolute Gasteiger partial charge is 0.512 e. The van der Waals surface area contributed by atoms with E-state index in [1.807, 2.05) is 23.0 Å². The average molecular weight is 405 g/mol. The van der Waals surface area contributed by atoms with Crippen LogP contribution in [0.2, 0.25) is 5.02 Å². The zero-order chi connectivity index (χ0) is 19.8. The Kier molecular flexibility index (Phi) is 5.34. The number of allylic oxidation sites excluding steroid dienone is 1. The minimum atomic E-state index is -0.464. The molecule has 3 atom stereocenters. The second-order valence-electron chi connectivity index (χ2n) is 7.71. The summed E-state index contributed by atoms with van der Waals surface area (Å²) in [4.78, 5) is 11.9. The molecular weight excluding hydrogens is 380 g/mol. The van der Waals surface area contributed by atoms with Gasteiger partial charge in [-0.25, -0.2) is 9.48 Å². The molecule has 2 heterocycles. The first-order valence-electron chi connectivity index (χ1n) is 9.77. The van der Waals surface area contributed by atoms with Crippen molar-refractivity contribution in [3.05, 3.63) is 40.2 Å². The Morgan fingerprint density at radius 2 is 2.18 bits per heavy atom. The van der Waals surface area contributed by atoms with Gasteiger partial charge in [0.05, 0.1) is 24.4 Å². The second-order valence-corrected chi connectivity index (χ2v) is 8.12. The molecule has 0 spiro atoms. The fourth-order valence-corrected chi connectivity index (χ4v) is 4.77. The molecule has 1 aromatic carbocycles. The molecule has 28 heavy (non-hydrogen) atoms. The van der Waals surface area contributed by atoms with Crippen molar-refractivity contribution in [1.82, 2.24) is 9.78 Å². The van der Waals surface area contributed by atoms with Gasteiger partial charge in [-0.15, -0.1) is 0 Å². The summed E-state index contributed by atoms with van der Waals surface area (Å²) in [5, 5.41) is 16.7. The highest BCUT2D eigenvalue weighted by Crippen LogP contribution is 2.45. The van der Waals surface area contributed by atoms with Crippen molar-refractivity contribution in [2.45, 2.75) is 51.2 Å². The van der Waals surface area contributed by atoms with Crippen LogP contribution < -0.4 is 0 Å². The van der Waals surface area contributed by atoms with E-state index < -0.39 is 5.97 Å². The molecule has 2 aromatic rings. The summed E-state index contributed by atoms with van der Waals surface area (Å²) in [6, 6.07) is 3.87. The molecule has 0 radical (unpaired) electrons. The van der Waals surface area contributed by atoms with Gasteiger partial charge in [0.15, 0.2) is 6.23 Å². The maximum atomic E-state index is 11.9. The van der Waals surface area contributed by atoms with Gasteiger partial charge in [0.2, 0.25) is 0 Å². The zero-order valence-corrected chi connectivity index (χ0v) is 16.9. The monoisotopic (exact) mass is 404 g/mol. The summed E-state index contributed by atoms with van der Waals surface area (Å²) in [5.41, 5.74) is 2.32. The van der Waals surface area contributed by atoms with Gasteiger partial charge >= 0.3 is 5.97 Å². The fraction of sp³-hybridized carbons (Fsp3) is 0.524. The maximum absolute atomic E-state index is 11.9. The molecule has 150 valence electrons. The van der Waals surface area contributed by atoms with E-state index in [4.69, 9.17) is 21.1 Å². The third-order valence-electron chi connectivity index (χ3n) is 5.97. The topological polar surface area (TPSA) is 73.6 Å². The third-order valence-corrected chi connectivity index (χ3v) is 6.30. The number of benzene rings is 1. The van der Waals surface area contributed by atoms with Crippen LogP contribution in [0, 0.1) is 5.92 Å². The van der Waals surface area contributed by atoms with Crippen LogP contribution in [0.4, 0.5) is 0 Å². The van der Waals surface area contributed by atoms with Crippen molar-refractivity contribution < 1.29 is 19.4 Å². The first-order valence-corrected chi connectivity index (χ1v) is 10.2. The second kappa shape index (κ2) is 7.76. The van der Waals surface area contributed by atoms with E-state index in [1.165, 1.54) is 7.11 Å². The molecule has 0 amide bonds. The molecule has 7 heteroatoms. The van der Waals surface area contributed by atoms with Crippen LogP contribution in [-0.2, 0) is 14.3 Å². The Hall–Kier alpha value is -2.05. The van der Waals surface area contributed by atoms with Gasteiger partial charge in [-0.1, -0.05) is 18.5 Å². The van der Waals surface area contributed by atoms with Crippen molar-refractivity contribution >= 4 is 28.5 Å². The molecule has 0 saturated carbocycles. The first-order chi connectivity index (χ1) is 13.5. The number of aromatic nitrogens is 2. The Labute approximate surface area is 169 Å². The number of carbonyl (C=O) groups excluding carboxylic acids is 1. The molecular formula is C21H25ClN2O4. The zero-order valence-electron chi connectivity index (χ0n) is 16.2. The lowest BCUT2D eigenvalue weighted by molar-refractivity contribution is -0.136. The van der Waals surface area contributed by atoms with Gasteiger partial charge in [0.1, 0.15) is 5.76 Å². The Bertz CT molecular complexity index is 930. The number of esters is 1. The van der Waals surface area contributed by atoms with Crippen molar-refractivity contribution in [1.29, 1.82) is 0 Å². The van der Waals surface area contributed by atoms with Crippen molar-refractivity contribution in [3.63, 3.8) is 0 Å². The first kappa shape index (κ1) is 19.3. The highest BCUT2D eigenvalue weighted by Gasteiger charge is 2.34. The number of aliphatic hydroxyl groups excluding tert-OH is 1. The Morgan fingerprint density at radius 3 is 2.89 bits per heavy atom. The molecule has 1 aliphatic carbocycles. The molecule has 0 bridgehead atoms. The highest BCUT2D eigenvalue weighted by atomic mass is 35.5. The van der Waals surface area contributed by atoms with Gasteiger partial charge in [-0.3, -0.25) is 0 Å². The van der Waals surface area contributed by atoms with E-state index in [0.29, 0.717) is 23.4 Å². The van der Waals surface area contributed by atoms with Gasteiger partial charge in [0.25, 0.3) is 0 Å². The van der Waals surface area contributed by atoms with Gasteiger partial charge in [0, 0.05) is 23.4 Å². The van der Waals surface area contributed by atoms with Gasteiger partial charge in [-0.05, 0) is 55.2 Å². The number of carbonyl (C=O) groups is 1. The SMILES string of the molecule is COC(=O)C1=C(O)C[C@@H](c2c(Cl)ccc3c2cnn3C2CCCCO2)[C@H](C)C1. The third kappa shape index (κ3) is 3.29. The van der Waals surface area contributed by atoms with Crippen LogP contribution in [0.15, 0.2) is 29.7 Å². The quantitative estimate of drug-likeness (QED) is 0.737. The van der Waals surface area contributed by atoms with Crippen LogP contribution in [-0.4, -0.2) is 34.6 Å². The number of nitrogens with zero attached hydrogens (tertiary/aromatic N) is 2. The van der Waals surface area contributed by atoms with E-state index in [0.717, 1.165) is 42.3 Å². The minimum absolute atomic E-state index is 0.00506. The summed E-state index contributed by atoms with van der Waals surface area (Å²) >= 11 is 6.61. The highest BCUT2D eigenvalue weighted by molar-refractivity contribution is 6.32.